The average Bonchev–Trinajstić information content (AvgIpc) is 2.87. The summed E-state index contributed by atoms with van der Waals surface area (Å²) >= 11 is 0. The largest absolute Gasteiger partial charge is 0.383 e. The first-order valence-electron chi connectivity index (χ1n) is 7.96. The van der Waals surface area contributed by atoms with E-state index in [1.54, 1.807) is 7.11 Å². The summed E-state index contributed by atoms with van der Waals surface area (Å²) in [5, 5.41) is 3.49. The summed E-state index contributed by atoms with van der Waals surface area (Å²) in [6.07, 6.45) is 10.8. The van der Waals surface area contributed by atoms with Crippen molar-refractivity contribution < 1.29 is 4.74 Å². The zero-order valence-electron chi connectivity index (χ0n) is 13.1. The molecule has 0 aliphatic heterocycles. The Morgan fingerprint density at radius 2 is 2.35 bits per heavy atom. The highest BCUT2D eigenvalue weighted by Gasteiger charge is 2.18. The number of rotatable bonds is 7. The van der Waals surface area contributed by atoms with Gasteiger partial charge >= 0.3 is 0 Å². The Bertz CT molecular complexity index is 391. The molecule has 0 spiro atoms. The van der Waals surface area contributed by atoms with Crippen LogP contribution in [0.4, 0.5) is 5.95 Å². The van der Waals surface area contributed by atoms with E-state index in [4.69, 9.17) is 4.74 Å². The summed E-state index contributed by atoms with van der Waals surface area (Å²) < 4.78 is 7.38. The molecule has 1 heterocycles. The summed E-state index contributed by atoms with van der Waals surface area (Å²) in [7, 11) is 1.74. The Hall–Kier alpha value is -1.03. The molecule has 3 unspecified atom stereocenters. The maximum Gasteiger partial charge on any atom is 0.203 e. The Labute approximate surface area is 122 Å². The van der Waals surface area contributed by atoms with E-state index < -0.39 is 0 Å². The van der Waals surface area contributed by atoms with Gasteiger partial charge in [0.15, 0.2) is 0 Å². The van der Waals surface area contributed by atoms with Gasteiger partial charge in [0.2, 0.25) is 5.95 Å². The Morgan fingerprint density at radius 1 is 1.50 bits per heavy atom. The van der Waals surface area contributed by atoms with Crippen molar-refractivity contribution in [1.29, 1.82) is 0 Å². The molecule has 0 saturated heterocycles. The molecule has 20 heavy (non-hydrogen) atoms. The van der Waals surface area contributed by atoms with Gasteiger partial charge in [0, 0.05) is 26.0 Å². The molecule has 1 aliphatic rings. The third-order valence-corrected chi connectivity index (χ3v) is 4.43. The molecule has 0 aromatic carbocycles. The topological polar surface area (TPSA) is 39.1 Å². The number of aromatic nitrogens is 2. The molecule has 1 saturated carbocycles. The van der Waals surface area contributed by atoms with E-state index >= 15 is 0 Å². The summed E-state index contributed by atoms with van der Waals surface area (Å²) in [5.41, 5.74) is 0. The third kappa shape index (κ3) is 4.23. The standard InChI is InChI=1S/C16H29N3O/c1-13-5-4-6-15(11-13)7-8-17-16-18-9-10-19(16)14(2)12-20-3/h9-10,13-15H,4-8,11-12H2,1-3H3,(H,17,18). The van der Waals surface area contributed by atoms with Crippen molar-refractivity contribution in [3.05, 3.63) is 12.4 Å². The first kappa shape index (κ1) is 15.4. The Kier molecular flexibility index (Phi) is 5.89. The molecule has 4 heteroatoms. The zero-order chi connectivity index (χ0) is 14.4. The van der Waals surface area contributed by atoms with Crippen LogP contribution in [0.2, 0.25) is 0 Å². The number of methoxy groups -OCH3 is 1. The average molecular weight is 279 g/mol. The molecule has 1 fully saturated rings. The predicted molar refractivity (Wildman–Crippen MR) is 83.0 cm³/mol. The van der Waals surface area contributed by atoms with Crippen LogP contribution >= 0.6 is 0 Å². The number of ether oxygens (including phenoxy) is 1. The van der Waals surface area contributed by atoms with Crippen LogP contribution in [0.3, 0.4) is 0 Å². The van der Waals surface area contributed by atoms with E-state index in [-0.39, 0.29) is 0 Å². The number of imidazole rings is 1. The van der Waals surface area contributed by atoms with Gasteiger partial charge in [-0.2, -0.15) is 0 Å². The van der Waals surface area contributed by atoms with Crippen LogP contribution in [0.5, 0.6) is 0 Å². The van der Waals surface area contributed by atoms with E-state index in [0.29, 0.717) is 12.6 Å². The number of hydrogen-bond donors (Lipinski definition) is 1. The maximum absolute atomic E-state index is 5.22. The number of anilines is 1. The molecule has 1 N–H and O–H groups in total. The Balaban J connectivity index is 1.78. The minimum atomic E-state index is 0.319. The second kappa shape index (κ2) is 7.67. The molecular weight excluding hydrogens is 250 g/mol. The highest BCUT2D eigenvalue weighted by atomic mass is 16.5. The van der Waals surface area contributed by atoms with Crippen LogP contribution in [-0.4, -0.2) is 29.8 Å². The lowest BCUT2D eigenvalue weighted by Gasteiger charge is -2.26. The molecule has 114 valence electrons. The zero-order valence-corrected chi connectivity index (χ0v) is 13.1. The summed E-state index contributed by atoms with van der Waals surface area (Å²) in [4.78, 5) is 4.41. The van der Waals surface area contributed by atoms with E-state index in [0.717, 1.165) is 24.3 Å². The summed E-state index contributed by atoms with van der Waals surface area (Å²) in [6, 6.07) is 0.319. The fourth-order valence-corrected chi connectivity index (χ4v) is 3.34. The molecule has 1 aliphatic carbocycles. The van der Waals surface area contributed by atoms with Gasteiger partial charge in [-0.3, -0.25) is 0 Å². The second-order valence-corrected chi connectivity index (χ2v) is 6.32. The highest BCUT2D eigenvalue weighted by molar-refractivity contribution is 5.26. The van der Waals surface area contributed by atoms with Crippen molar-refractivity contribution >= 4 is 5.95 Å². The summed E-state index contributed by atoms with van der Waals surface area (Å²) in [6.45, 7) is 6.27. The van der Waals surface area contributed by atoms with Gasteiger partial charge in [0.25, 0.3) is 0 Å². The van der Waals surface area contributed by atoms with Crippen LogP contribution in [0, 0.1) is 11.8 Å². The molecular formula is C16H29N3O. The van der Waals surface area contributed by atoms with Crippen molar-refractivity contribution in [2.75, 3.05) is 25.6 Å². The monoisotopic (exact) mass is 279 g/mol. The fraction of sp³-hybridized carbons (Fsp3) is 0.812. The minimum Gasteiger partial charge on any atom is -0.383 e. The maximum atomic E-state index is 5.22. The lowest BCUT2D eigenvalue weighted by Crippen LogP contribution is -2.19. The quantitative estimate of drug-likeness (QED) is 0.827. The SMILES string of the molecule is COCC(C)n1ccnc1NCCC1CCCC(C)C1. The van der Waals surface area contributed by atoms with Gasteiger partial charge in [-0.05, 0) is 31.6 Å². The van der Waals surface area contributed by atoms with Gasteiger partial charge in [-0.25, -0.2) is 4.98 Å². The van der Waals surface area contributed by atoms with Crippen molar-refractivity contribution in [2.45, 2.75) is 52.0 Å². The first-order chi connectivity index (χ1) is 9.70. The lowest BCUT2D eigenvalue weighted by atomic mass is 9.81. The van der Waals surface area contributed by atoms with Crippen LogP contribution in [-0.2, 0) is 4.74 Å². The van der Waals surface area contributed by atoms with Gasteiger partial charge < -0.3 is 14.6 Å². The van der Waals surface area contributed by atoms with Gasteiger partial charge in [-0.1, -0.05) is 26.2 Å². The normalized spacial score (nSPS) is 24.6. The van der Waals surface area contributed by atoms with Gasteiger partial charge in [0.05, 0.1) is 12.6 Å². The molecule has 1 aromatic rings. The van der Waals surface area contributed by atoms with Crippen LogP contribution in [0.15, 0.2) is 12.4 Å². The van der Waals surface area contributed by atoms with Crippen molar-refractivity contribution in [2.24, 2.45) is 11.8 Å². The molecule has 4 nitrogen and oxygen atoms in total. The molecule has 0 amide bonds. The molecule has 0 bridgehead atoms. The number of nitrogens with one attached hydrogen (secondary N) is 1. The predicted octanol–water partition coefficient (Wildman–Crippen LogP) is 3.72. The highest BCUT2D eigenvalue weighted by Crippen LogP contribution is 2.30. The minimum absolute atomic E-state index is 0.319. The van der Waals surface area contributed by atoms with Crippen molar-refractivity contribution in [3.8, 4) is 0 Å². The van der Waals surface area contributed by atoms with Gasteiger partial charge in [-0.15, -0.1) is 0 Å². The smallest absolute Gasteiger partial charge is 0.203 e. The van der Waals surface area contributed by atoms with Crippen molar-refractivity contribution in [1.82, 2.24) is 9.55 Å². The van der Waals surface area contributed by atoms with Gasteiger partial charge in [0.1, 0.15) is 0 Å². The number of nitrogens with zero attached hydrogens (tertiary/aromatic N) is 2. The molecule has 3 atom stereocenters. The fourth-order valence-electron chi connectivity index (χ4n) is 3.34. The van der Waals surface area contributed by atoms with Crippen LogP contribution < -0.4 is 5.32 Å². The molecule has 2 rings (SSSR count). The molecule has 0 radical (unpaired) electrons. The van der Waals surface area contributed by atoms with Crippen LogP contribution in [0.25, 0.3) is 0 Å². The van der Waals surface area contributed by atoms with Crippen molar-refractivity contribution in [3.63, 3.8) is 0 Å². The van der Waals surface area contributed by atoms with E-state index in [1.165, 1.54) is 32.1 Å². The number of hydrogen-bond acceptors (Lipinski definition) is 3. The lowest BCUT2D eigenvalue weighted by molar-refractivity contribution is 0.163. The van der Waals surface area contributed by atoms with E-state index in [2.05, 4.69) is 28.7 Å². The van der Waals surface area contributed by atoms with E-state index in [9.17, 15) is 0 Å². The van der Waals surface area contributed by atoms with Crippen LogP contribution in [0.1, 0.15) is 52.0 Å². The first-order valence-corrected chi connectivity index (χ1v) is 7.96. The summed E-state index contributed by atoms with van der Waals surface area (Å²) in [5.74, 6) is 2.78. The Morgan fingerprint density at radius 3 is 3.10 bits per heavy atom. The molecule has 1 aromatic heterocycles. The van der Waals surface area contributed by atoms with E-state index in [1.807, 2.05) is 12.4 Å². The second-order valence-electron chi connectivity index (χ2n) is 6.32. The third-order valence-electron chi connectivity index (χ3n) is 4.43.